The first-order valence-electron chi connectivity index (χ1n) is 7.00. The highest BCUT2D eigenvalue weighted by molar-refractivity contribution is 5.47. The van der Waals surface area contributed by atoms with Crippen LogP contribution in [0.1, 0.15) is 22.5 Å². The quantitative estimate of drug-likeness (QED) is 0.800. The van der Waals surface area contributed by atoms with Crippen molar-refractivity contribution in [3.05, 3.63) is 65.1 Å². The van der Waals surface area contributed by atoms with E-state index in [1.807, 2.05) is 24.4 Å². The minimum atomic E-state index is 0.476. The zero-order valence-electron chi connectivity index (χ0n) is 12.3. The Labute approximate surface area is 124 Å². The SMILES string of the molecule is COc1cccc(Cc2nc3cc(C)ccn3c2CN)c1. The van der Waals surface area contributed by atoms with E-state index in [4.69, 9.17) is 15.5 Å². The summed E-state index contributed by atoms with van der Waals surface area (Å²) in [6, 6.07) is 12.2. The smallest absolute Gasteiger partial charge is 0.137 e. The number of methoxy groups -OCH3 is 1. The first-order chi connectivity index (χ1) is 10.2. The molecule has 4 nitrogen and oxygen atoms in total. The van der Waals surface area contributed by atoms with E-state index in [-0.39, 0.29) is 0 Å². The molecule has 0 saturated carbocycles. The van der Waals surface area contributed by atoms with E-state index in [0.717, 1.165) is 29.2 Å². The summed E-state index contributed by atoms with van der Waals surface area (Å²) < 4.78 is 7.35. The standard InChI is InChI=1S/C17H19N3O/c1-12-6-7-20-16(11-18)15(19-17(20)8-12)10-13-4-3-5-14(9-13)21-2/h3-9H,10-11,18H2,1-2H3. The van der Waals surface area contributed by atoms with E-state index < -0.39 is 0 Å². The number of nitrogens with two attached hydrogens (primary N) is 1. The number of fused-ring (bicyclic) bond motifs is 1. The second-order valence-corrected chi connectivity index (χ2v) is 5.17. The van der Waals surface area contributed by atoms with Gasteiger partial charge in [0.25, 0.3) is 0 Å². The van der Waals surface area contributed by atoms with Gasteiger partial charge in [0.15, 0.2) is 0 Å². The van der Waals surface area contributed by atoms with Gasteiger partial charge in [-0.1, -0.05) is 12.1 Å². The van der Waals surface area contributed by atoms with Crippen LogP contribution in [0.3, 0.4) is 0 Å². The van der Waals surface area contributed by atoms with Gasteiger partial charge in [0.2, 0.25) is 0 Å². The number of benzene rings is 1. The number of hydrogen-bond donors (Lipinski definition) is 1. The van der Waals surface area contributed by atoms with Crippen LogP contribution in [-0.2, 0) is 13.0 Å². The highest BCUT2D eigenvalue weighted by Gasteiger charge is 2.11. The zero-order chi connectivity index (χ0) is 14.8. The van der Waals surface area contributed by atoms with Crippen LogP contribution < -0.4 is 10.5 Å². The Morgan fingerprint density at radius 3 is 2.86 bits per heavy atom. The second-order valence-electron chi connectivity index (χ2n) is 5.17. The Kier molecular flexibility index (Phi) is 3.62. The van der Waals surface area contributed by atoms with Crippen LogP contribution in [0.15, 0.2) is 42.6 Å². The fraction of sp³-hybridized carbons (Fsp3) is 0.235. The summed E-state index contributed by atoms with van der Waals surface area (Å²) in [5.41, 5.74) is 11.3. The van der Waals surface area contributed by atoms with Crippen molar-refractivity contribution >= 4 is 5.65 Å². The summed E-state index contributed by atoms with van der Waals surface area (Å²) in [4.78, 5) is 4.74. The molecule has 0 aliphatic carbocycles. The number of nitrogens with zero attached hydrogens (tertiary/aromatic N) is 2. The van der Waals surface area contributed by atoms with Crippen LogP contribution in [0.5, 0.6) is 5.75 Å². The highest BCUT2D eigenvalue weighted by atomic mass is 16.5. The van der Waals surface area contributed by atoms with Gasteiger partial charge in [-0.05, 0) is 42.3 Å². The van der Waals surface area contributed by atoms with Gasteiger partial charge in [-0.25, -0.2) is 4.98 Å². The van der Waals surface area contributed by atoms with Gasteiger partial charge in [-0.3, -0.25) is 0 Å². The summed E-state index contributed by atoms with van der Waals surface area (Å²) in [5.74, 6) is 0.862. The molecule has 0 fully saturated rings. The predicted molar refractivity (Wildman–Crippen MR) is 83.6 cm³/mol. The van der Waals surface area contributed by atoms with E-state index in [0.29, 0.717) is 6.54 Å². The summed E-state index contributed by atoms with van der Waals surface area (Å²) >= 11 is 0. The monoisotopic (exact) mass is 281 g/mol. The van der Waals surface area contributed by atoms with E-state index in [1.165, 1.54) is 11.1 Å². The van der Waals surface area contributed by atoms with Crippen LogP contribution in [0, 0.1) is 6.92 Å². The van der Waals surface area contributed by atoms with Crippen molar-refractivity contribution in [3.8, 4) is 5.75 Å². The molecule has 0 amide bonds. The molecule has 3 aromatic rings. The number of pyridine rings is 1. The Balaban J connectivity index is 2.03. The van der Waals surface area contributed by atoms with Crippen LogP contribution in [0.2, 0.25) is 0 Å². The minimum absolute atomic E-state index is 0.476. The molecule has 0 unspecified atom stereocenters. The van der Waals surface area contributed by atoms with Gasteiger partial charge in [-0.2, -0.15) is 0 Å². The van der Waals surface area contributed by atoms with Gasteiger partial charge in [-0.15, -0.1) is 0 Å². The molecule has 2 N–H and O–H groups in total. The second kappa shape index (κ2) is 5.58. The zero-order valence-corrected chi connectivity index (χ0v) is 12.3. The fourth-order valence-electron chi connectivity index (χ4n) is 2.58. The Morgan fingerprint density at radius 2 is 2.10 bits per heavy atom. The van der Waals surface area contributed by atoms with Gasteiger partial charge in [0, 0.05) is 19.2 Å². The number of aromatic nitrogens is 2. The molecule has 0 aliphatic rings. The maximum absolute atomic E-state index is 5.92. The lowest BCUT2D eigenvalue weighted by Crippen LogP contribution is -2.04. The van der Waals surface area contributed by atoms with Gasteiger partial charge in [0.1, 0.15) is 11.4 Å². The molecule has 0 atom stereocenters. The number of ether oxygens (including phenoxy) is 1. The maximum atomic E-state index is 5.92. The average molecular weight is 281 g/mol. The normalized spacial score (nSPS) is 11.0. The molecule has 3 rings (SSSR count). The highest BCUT2D eigenvalue weighted by Crippen LogP contribution is 2.20. The molecule has 0 spiro atoms. The minimum Gasteiger partial charge on any atom is -0.497 e. The number of imidazole rings is 1. The molecule has 1 aromatic carbocycles. The number of aryl methyl sites for hydroxylation is 1. The Bertz CT molecular complexity index is 777. The summed E-state index contributed by atoms with van der Waals surface area (Å²) in [5, 5.41) is 0. The third-order valence-electron chi connectivity index (χ3n) is 3.66. The molecule has 0 aliphatic heterocycles. The van der Waals surface area contributed by atoms with Crippen LogP contribution in [-0.4, -0.2) is 16.5 Å². The van der Waals surface area contributed by atoms with Gasteiger partial charge in [0.05, 0.1) is 18.5 Å². The predicted octanol–water partition coefficient (Wildman–Crippen LogP) is 2.70. The topological polar surface area (TPSA) is 52.5 Å². The summed E-state index contributed by atoms with van der Waals surface area (Å²) in [6.07, 6.45) is 2.79. The molecule has 2 aromatic heterocycles. The van der Waals surface area contributed by atoms with Crippen molar-refractivity contribution < 1.29 is 4.74 Å². The molecular weight excluding hydrogens is 262 g/mol. The molecule has 0 radical (unpaired) electrons. The van der Waals surface area contributed by atoms with Crippen LogP contribution in [0.25, 0.3) is 5.65 Å². The average Bonchev–Trinajstić information content (AvgIpc) is 2.83. The molecule has 0 saturated heterocycles. The third kappa shape index (κ3) is 2.62. The van der Waals surface area contributed by atoms with E-state index in [9.17, 15) is 0 Å². The molecular formula is C17H19N3O. The Morgan fingerprint density at radius 1 is 1.24 bits per heavy atom. The number of rotatable bonds is 4. The van der Waals surface area contributed by atoms with Crippen molar-refractivity contribution in [1.29, 1.82) is 0 Å². The van der Waals surface area contributed by atoms with E-state index in [1.54, 1.807) is 7.11 Å². The first kappa shape index (κ1) is 13.6. The van der Waals surface area contributed by atoms with E-state index >= 15 is 0 Å². The van der Waals surface area contributed by atoms with Gasteiger partial charge < -0.3 is 14.9 Å². The third-order valence-corrected chi connectivity index (χ3v) is 3.66. The van der Waals surface area contributed by atoms with E-state index in [2.05, 4.69) is 29.5 Å². The molecule has 2 heterocycles. The summed E-state index contributed by atoms with van der Waals surface area (Å²) in [6.45, 7) is 2.54. The summed E-state index contributed by atoms with van der Waals surface area (Å²) in [7, 11) is 1.68. The molecule has 108 valence electrons. The molecule has 0 bridgehead atoms. The lowest BCUT2D eigenvalue weighted by atomic mass is 10.1. The number of hydrogen-bond acceptors (Lipinski definition) is 3. The van der Waals surface area contributed by atoms with Crippen molar-refractivity contribution in [2.45, 2.75) is 19.9 Å². The lowest BCUT2D eigenvalue weighted by molar-refractivity contribution is 0.414. The van der Waals surface area contributed by atoms with Crippen molar-refractivity contribution in [1.82, 2.24) is 9.38 Å². The first-order valence-corrected chi connectivity index (χ1v) is 7.00. The van der Waals surface area contributed by atoms with Crippen molar-refractivity contribution in [2.24, 2.45) is 5.73 Å². The lowest BCUT2D eigenvalue weighted by Gasteiger charge is -2.05. The van der Waals surface area contributed by atoms with Crippen molar-refractivity contribution in [2.75, 3.05) is 7.11 Å². The largest absolute Gasteiger partial charge is 0.497 e. The Hall–Kier alpha value is -2.33. The van der Waals surface area contributed by atoms with Gasteiger partial charge >= 0.3 is 0 Å². The van der Waals surface area contributed by atoms with Crippen LogP contribution in [0.4, 0.5) is 0 Å². The fourth-order valence-corrected chi connectivity index (χ4v) is 2.58. The maximum Gasteiger partial charge on any atom is 0.137 e. The van der Waals surface area contributed by atoms with Crippen LogP contribution >= 0.6 is 0 Å². The molecule has 21 heavy (non-hydrogen) atoms. The molecule has 4 heteroatoms. The van der Waals surface area contributed by atoms with Crippen molar-refractivity contribution in [3.63, 3.8) is 0 Å².